The van der Waals surface area contributed by atoms with Crippen molar-refractivity contribution in [3.63, 3.8) is 0 Å². The topological polar surface area (TPSA) is 46.1 Å². The summed E-state index contributed by atoms with van der Waals surface area (Å²) in [5.41, 5.74) is 2.46. The molecule has 0 spiro atoms. The number of hydrogen-bond donors (Lipinski definition) is 2. The Hall–Kier alpha value is -1.78. The number of rotatable bonds is 6. The van der Waals surface area contributed by atoms with Crippen molar-refractivity contribution in [2.24, 2.45) is 0 Å². The molecule has 1 aromatic carbocycles. The maximum Gasteiger partial charge on any atom is 0.272 e. The van der Waals surface area contributed by atoms with Gasteiger partial charge in [0.15, 0.2) is 0 Å². The monoisotopic (exact) mass is 305 g/mol. The Morgan fingerprint density at radius 2 is 2.05 bits per heavy atom. The molecule has 0 unspecified atom stereocenters. The second-order valence-corrected chi connectivity index (χ2v) is 5.16. The summed E-state index contributed by atoms with van der Waals surface area (Å²) in [5.74, 6) is -0.146. The number of carbonyl (C=O) groups is 1. The number of carbonyl (C=O) groups excluding carboxylic acids is 1. The fourth-order valence-corrected chi connectivity index (χ4v) is 2.39. The number of aryl methyl sites for hydroxylation is 1. The van der Waals surface area contributed by atoms with Crippen LogP contribution in [-0.4, -0.2) is 17.0 Å². The molecule has 0 aliphatic rings. The van der Waals surface area contributed by atoms with Crippen molar-refractivity contribution in [2.75, 3.05) is 11.9 Å². The van der Waals surface area contributed by atoms with Crippen molar-refractivity contribution in [3.05, 3.63) is 52.8 Å². The largest absolute Gasteiger partial charge is 0.342 e. The number of nitrogens with zero attached hydrogens (tertiary/aromatic N) is 1. The van der Waals surface area contributed by atoms with Crippen LogP contribution in [0.4, 0.5) is 5.69 Å². The number of aromatic nitrogens is 1. The predicted molar refractivity (Wildman–Crippen MR) is 86.9 cm³/mol. The summed E-state index contributed by atoms with van der Waals surface area (Å²) in [6.45, 7) is 6.34. The molecule has 4 nitrogen and oxygen atoms in total. The second kappa shape index (κ2) is 7.29. The highest BCUT2D eigenvalue weighted by Crippen LogP contribution is 2.19. The maximum absolute atomic E-state index is 12.4. The molecule has 0 aliphatic heterocycles. The van der Waals surface area contributed by atoms with Crippen LogP contribution in [0.5, 0.6) is 0 Å². The van der Waals surface area contributed by atoms with Gasteiger partial charge in [-0.15, -0.1) is 0 Å². The van der Waals surface area contributed by atoms with Gasteiger partial charge in [0, 0.05) is 25.0 Å². The molecule has 0 fully saturated rings. The van der Waals surface area contributed by atoms with E-state index in [4.69, 9.17) is 11.6 Å². The minimum Gasteiger partial charge on any atom is -0.342 e. The first-order valence-corrected chi connectivity index (χ1v) is 7.49. The molecule has 1 aromatic heterocycles. The number of hydrogen-bond acceptors (Lipinski definition) is 2. The summed E-state index contributed by atoms with van der Waals surface area (Å²) in [7, 11) is 0. The molecule has 2 N–H and O–H groups in total. The van der Waals surface area contributed by atoms with Gasteiger partial charge in [0.1, 0.15) is 5.69 Å². The molecule has 2 rings (SSSR count). The lowest BCUT2D eigenvalue weighted by Crippen LogP contribution is -2.19. The molecule has 0 radical (unpaired) electrons. The lowest BCUT2D eigenvalue weighted by Gasteiger charge is -2.12. The van der Waals surface area contributed by atoms with Gasteiger partial charge in [-0.3, -0.25) is 4.79 Å². The average Bonchev–Trinajstić information content (AvgIpc) is 2.87. The number of para-hydroxylation sites is 1. The van der Waals surface area contributed by atoms with Crippen LogP contribution in [-0.2, 0) is 13.1 Å². The summed E-state index contributed by atoms with van der Waals surface area (Å²) in [6, 6.07) is 9.48. The molecule has 0 saturated carbocycles. The van der Waals surface area contributed by atoms with Gasteiger partial charge in [-0.2, -0.15) is 0 Å². The first-order chi connectivity index (χ1) is 10.2. The predicted octanol–water partition coefficient (Wildman–Crippen LogP) is 3.52. The van der Waals surface area contributed by atoms with Gasteiger partial charge >= 0.3 is 0 Å². The van der Waals surface area contributed by atoms with E-state index in [1.807, 2.05) is 35.8 Å². The lowest BCUT2D eigenvalue weighted by atomic mass is 10.1. The molecule has 0 aliphatic carbocycles. The fourth-order valence-electron chi connectivity index (χ4n) is 2.17. The molecule has 21 heavy (non-hydrogen) atoms. The third kappa shape index (κ3) is 3.86. The van der Waals surface area contributed by atoms with Crippen molar-refractivity contribution >= 4 is 23.2 Å². The van der Waals surface area contributed by atoms with Crippen LogP contribution in [0.15, 0.2) is 36.5 Å². The van der Waals surface area contributed by atoms with E-state index in [-0.39, 0.29) is 5.91 Å². The van der Waals surface area contributed by atoms with E-state index in [0.29, 0.717) is 17.3 Å². The molecular weight excluding hydrogens is 286 g/mol. The Kier molecular flexibility index (Phi) is 5.42. The standard InChI is InChI=1S/C16H20ClN3O/c1-3-18-10-12-7-5-6-8-14(12)19-16(21)15-9-13(17)11-20(15)4-2/h5-9,11,18H,3-4,10H2,1-2H3,(H,19,21). The number of anilines is 1. The Morgan fingerprint density at radius 3 is 2.76 bits per heavy atom. The summed E-state index contributed by atoms with van der Waals surface area (Å²) < 4.78 is 1.84. The molecule has 1 heterocycles. The highest BCUT2D eigenvalue weighted by atomic mass is 35.5. The van der Waals surface area contributed by atoms with Crippen LogP contribution in [0.2, 0.25) is 5.02 Å². The molecule has 112 valence electrons. The number of benzene rings is 1. The highest BCUT2D eigenvalue weighted by molar-refractivity contribution is 6.31. The van der Waals surface area contributed by atoms with Crippen molar-refractivity contribution in [1.29, 1.82) is 0 Å². The van der Waals surface area contributed by atoms with E-state index in [1.54, 1.807) is 12.3 Å². The van der Waals surface area contributed by atoms with E-state index in [1.165, 1.54) is 0 Å². The molecule has 0 bridgehead atoms. The van der Waals surface area contributed by atoms with Crippen LogP contribution in [0.1, 0.15) is 29.9 Å². The van der Waals surface area contributed by atoms with Crippen molar-refractivity contribution < 1.29 is 4.79 Å². The summed E-state index contributed by atoms with van der Waals surface area (Å²) in [5, 5.41) is 6.80. The Labute approximate surface area is 130 Å². The molecule has 2 aromatic rings. The summed E-state index contributed by atoms with van der Waals surface area (Å²) in [6.07, 6.45) is 1.76. The Morgan fingerprint density at radius 1 is 1.29 bits per heavy atom. The van der Waals surface area contributed by atoms with Gasteiger partial charge in [0.05, 0.1) is 5.02 Å². The van der Waals surface area contributed by atoms with Crippen molar-refractivity contribution in [1.82, 2.24) is 9.88 Å². The van der Waals surface area contributed by atoms with Crippen molar-refractivity contribution in [2.45, 2.75) is 26.9 Å². The van der Waals surface area contributed by atoms with E-state index in [9.17, 15) is 4.79 Å². The maximum atomic E-state index is 12.4. The van der Waals surface area contributed by atoms with Crippen LogP contribution in [0, 0.1) is 0 Å². The number of nitrogens with one attached hydrogen (secondary N) is 2. The van der Waals surface area contributed by atoms with E-state index in [2.05, 4.69) is 17.6 Å². The zero-order valence-corrected chi connectivity index (χ0v) is 13.1. The zero-order chi connectivity index (χ0) is 15.2. The Balaban J connectivity index is 2.19. The van der Waals surface area contributed by atoms with E-state index >= 15 is 0 Å². The quantitative estimate of drug-likeness (QED) is 0.857. The van der Waals surface area contributed by atoms with Crippen LogP contribution < -0.4 is 10.6 Å². The Bertz CT molecular complexity index is 622. The van der Waals surface area contributed by atoms with Gasteiger partial charge in [-0.1, -0.05) is 36.7 Å². The number of halogens is 1. The summed E-state index contributed by atoms with van der Waals surface area (Å²) >= 11 is 5.98. The fraction of sp³-hybridized carbons (Fsp3) is 0.312. The lowest BCUT2D eigenvalue weighted by molar-refractivity contribution is 0.101. The smallest absolute Gasteiger partial charge is 0.272 e. The van der Waals surface area contributed by atoms with Crippen LogP contribution in [0.25, 0.3) is 0 Å². The van der Waals surface area contributed by atoms with E-state index < -0.39 is 0 Å². The second-order valence-electron chi connectivity index (χ2n) is 4.72. The van der Waals surface area contributed by atoms with Gasteiger partial charge in [-0.25, -0.2) is 0 Å². The van der Waals surface area contributed by atoms with Gasteiger partial charge in [0.2, 0.25) is 0 Å². The van der Waals surface area contributed by atoms with Crippen molar-refractivity contribution in [3.8, 4) is 0 Å². The summed E-state index contributed by atoms with van der Waals surface area (Å²) in [4.78, 5) is 12.4. The van der Waals surface area contributed by atoms with E-state index in [0.717, 1.165) is 24.3 Å². The third-order valence-corrected chi connectivity index (χ3v) is 3.47. The first kappa shape index (κ1) is 15.6. The normalized spacial score (nSPS) is 10.6. The molecule has 1 amide bonds. The average molecular weight is 306 g/mol. The van der Waals surface area contributed by atoms with Crippen LogP contribution >= 0.6 is 11.6 Å². The minimum atomic E-state index is -0.146. The molecular formula is C16H20ClN3O. The minimum absolute atomic E-state index is 0.146. The number of amides is 1. The SMILES string of the molecule is CCNCc1ccccc1NC(=O)c1cc(Cl)cn1CC. The molecule has 0 atom stereocenters. The molecule has 0 saturated heterocycles. The first-order valence-electron chi connectivity index (χ1n) is 7.11. The zero-order valence-electron chi connectivity index (χ0n) is 12.3. The molecule has 5 heteroatoms. The van der Waals surface area contributed by atoms with Gasteiger partial charge < -0.3 is 15.2 Å². The van der Waals surface area contributed by atoms with Gasteiger partial charge in [-0.05, 0) is 31.2 Å². The van der Waals surface area contributed by atoms with Gasteiger partial charge in [0.25, 0.3) is 5.91 Å². The third-order valence-electron chi connectivity index (χ3n) is 3.27. The highest BCUT2D eigenvalue weighted by Gasteiger charge is 2.14. The van der Waals surface area contributed by atoms with Crippen LogP contribution in [0.3, 0.4) is 0 Å².